The van der Waals surface area contributed by atoms with E-state index in [0.29, 0.717) is 11.1 Å². The fourth-order valence-electron chi connectivity index (χ4n) is 3.30. The molecule has 0 saturated carbocycles. The van der Waals surface area contributed by atoms with Gasteiger partial charge in [-0.1, -0.05) is 36.4 Å². The highest BCUT2D eigenvalue weighted by Crippen LogP contribution is 2.26. The molecule has 0 aliphatic rings. The van der Waals surface area contributed by atoms with Gasteiger partial charge in [0.2, 0.25) is 0 Å². The predicted molar refractivity (Wildman–Crippen MR) is 122 cm³/mol. The second-order valence-electron chi connectivity index (χ2n) is 7.31. The van der Waals surface area contributed by atoms with Gasteiger partial charge in [-0.15, -0.1) is 0 Å². The minimum Gasteiger partial charge on any atom is -0.497 e. The van der Waals surface area contributed by atoms with E-state index in [4.69, 9.17) is 9.84 Å². The highest BCUT2D eigenvalue weighted by molar-refractivity contribution is 5.95. The molecule has 0 atom stereocenters. The summed E-state index contributed by atoms with van der Waals surface area (Å²) in [5.74, 6) is 0.727. The monoisotopic (exact) mass is 397 g/mol. The number of methoxy groups -OCH3 is 1. The van der Waals surface area contributed by atoms with Crippen LogP contribution in [0.2, 0.25) is 0 Å². The topological polar surface area (TPSA) is 56.5 Å². The molecule has 0 bridgehead atoms. The van der Waals surface area contributed by atoms with E-state index in [2.05, 4.69) is 4.99 Å². The van der Waals surface area contributed by atoms with E-state index in [1.807, 2.05) is 92.9 Å². The van der Waals surface area contributed by atoms with E-state index in [0.717, 1.165) is 28.0 Å². The lowest BCUT2D eigenvalue weighted by atomic mass is 10.0. The number of hydrogen-bond acceptors (Lipinski definition) is 4. The highest BCUT2D eigenvalue weighted by Gasteiger charge is 2.13. The van der Waals surface area contributed by atoms with Crippen molar-refractivity contribution in [3.63, 3.8) is 0 Å². The molecule has 4 rings (SSSR count). The van der Waals surface area contributed by atoms with Gasteiger partial charge in [0.25, 0.3) is 5.56 Å². The van der Waals surface area contributed by atoms with Gasteiger partial charge >= 0.3 is 0 Å². The molecule has 0 N–H and O–H groups in total. The summed E-state index contributed by atoms with van der Waals surface area (Å²) in [6.45, 7) is 4.08. The Morgan fingerprint density at radius 1 is 0.967 bits per heavy atom. The summed E-state index contributed by atoms with van der Waals surface area (Å²) in [5.41, 5.74) is 3.21. The van der Waals surface area contributed by atoms with Crippen molar-refractivity contribution in [1.82, 2.24) is 9.78 Å². The van der Waals surface area contributed by atoms with E-state index in [1.54, 1.807) is 7.11 Å². The fraction of sp³-hybridized carbons (Fsp3) is 0.160. The van der Waals surface area contributed by atoms with Crippen molar-refractivity contribution in [2.24, 2.45) is 4.99 Å². The Hall–Kier alpha value is -3.73. The van der Waals surface area contributed by atoms with Crippen molar-refractivity contribution in [1.29, 1.82) is 0 Å². The van der Waals surface area contributed by atoms with Gasteiger partial charge in [-0.25, -0.2) is 0 Å². The number of rotatable bonds is 5. The molecule has 0 aliphatic carbocycles. The third-order valence-corrected chi connectivity index (χ3v) is 4.80. The molecule has 5 heteroatoms. The molecular weight excluding hydrogens is 374 g/mol. The number of aliphatic imine (C=N–C) groups is 1. The van der Waals surface area contributed by atoms with Crippen LogP contribution in [0, 0.1) is 0 Å². The fourth-order valence-corrected chi connectivity index (χ4v) is 3.30. The number of ether oxygens (including phenoxy) is 1. The van der Waals surface area contributed by atoms with Crippen molar-refractivity contribution in [2.75, 3.05) is 7.11 Å². The number of benzene rings is 3. The highest BCUT2D eigenvalue weighted by atomic mass is 16.5. The van der Waals surface area contributed by atoms with E-state index in [9.17, 15) is 4.79 Å². The first-order valence-corrected chi connectivity index (χ1v) is 9.87. The van der Waals surface area contributed by atoms with Crippen LogP contribution in [0.1, 0.15) is 19.4 Å². The second kappa shape index (κ2) is 8.33. The molecular formula is C25H23N3O2. The van der Waals surface area contributed by atoms with Gasteiger partial charge in [0, 0.05) is 23.2 Å². The minimum absolute atomic E-state index is 0.156. The normalized spacial score (nSPS) is 11.5. The van der Waals surface area contributed by atoms with E-state index >= 15 is 0 Å². The number of hydrogen-bond donors (Lipinski definition) is 0. The van der Waals surface area contributed by atoms with Crippen LogP contribution in [-0.2, 0) is 0 Å². The molecule has 0 spiro atoms. The summed E-state index contributed by atoms with van der Waals surface area (Å²) < 4.78 is 6.68. The summed E-state index contributed by atoms with van der Waals surface area (Å²) in [4.78, 5) is 17.6. The van der Waals surface area contributed by atoms with Gasteiger partial charge in [-0.3, -0.25) is 9.79 Å². The first-order chi connectivity index (χ1) is 14.6. The molecule has 0 unspecified atom stereocenters. The van der Waals surface area contributed by atoms with Crippen LogP contribution >= 0.6 is 0 Å². The maximum Gasteiger partial charge on any atom is 0.279 e. The number of fused-ring (bicyclic) bond motifs is 1. The van der Waals surface area contributed by atoms with Crippen LogP contribution in [0.4, 0.5) is 0 Å². The summed E-state index contributed by atoms with van der Waals surface area (Å²) >= 11 is 0. The van der Waals surface area contributed by atoms with Gasteiger partial charge in [0.15, 0.2) is 0 Å². The average molecular weight is 397 g/mol. The third-order valence-electron chi connectivity index (χ3n) is 4.80. The van der Waals surface area contributed by atoms with Gasteiger partial charge in [-0.2, -0.15) is 9.78 Å². The van der Waals surface area contributed by atoms with Gasteiger partial charge in [0.1, 0.15) is 5.75 Å². The second-order valence-corrected chi connectivity index (χ2v) is 7.31. The molecule has 1 aromatic heterocycles. The smallest absolute Gasteiger partial charge is 0.279 e. The molecule has 0 saturated heterocycles. The molecule has 5 nitrogen and oxygen atoms in total. The Morgan fingerprint density at radius 2 is 1.70 bits per heavy atom. The average Bonchev–Trinajstić information content (AvgIpc) is 2.78. The van der Waals surface area contributed by atoms with Crippen LogP contribution in [0.5, 0.6) is 5.75 Å². The third kappa shape index (κ3) is 3.87. The largest absolute Gasteiger partial charge is 0.497 e. The van der Waals surface area contributed by atoms with Crippen molar-refractivity contribution in [3.8, 4) is 22.7 Å². The van der Waals surface area contributed by atoms with E-state index in [-0.39, 0.29) is 11.6 Å². The van der Waals surface area contributed by atoms with Crippen LogP contribution in [-0.4, -0.2) is 29.1 Å². The molecule has 4 aromatic rings. The SMILES string of the molecule is COc1ccc(-n2nc(-c3cccc(C=NC(C)C)c3)c3ccccc3c2=O)cc1. The lowest BCUT2D eigenvalue weighted by molar-refractivity contribution is 0.414. The quantitative estimate of drug-likeness (QED) is 0.451. The Labute approximate surface area is 175 Å². The summed E-state index contributed by atoms with van der Waals surface area (Å²) in [5, 5.41) is 6.20. The number of aromatic nitrogens is 2. The molecule has 0 radical (unpaired) electrons. The number of nitrogens with zero attached hydrogens (tertiary/aromatic N) is 3. The van der Waals surface area contributed by atoms with Gasteiger partial charge in [-0.05, 0) is 55.8 Å². The van der Waals surface area contributed by atoms with Crippen molar-refractivity contribution in [3.05, 3.63) is 88.7 Å². The maximum absolute atomic E-state index is 13.2. The van der Waals surface area contributed by atoms with Crippen molar-refractivity contribution in [2.45, 2.75) is 19.9 Å². The summed E-state index contributed by atoms with van der Waals surface area (Å²) in [6.07, 6.45) is 1.87. The van der Waals surface area contributed by atoms with E-state index < -0.39 is 0 Å². The first-order valence-electron chi connectivity index (χ1n) is 9.87. The lowest BCUT2D eigenvalue weighted by Gasteiger charge is -2.12. The van der Waals surface area contributed by atoms with Crippen molar-refractivity contribution >= 4 is 17.0 Å². The standard InChI is InChI=1S/C25H23N3O2/c1-17(2)26-16-18-7-6-8-19(15-18)24-22-9-4-5-10-23(22)25(29)28(27-24)20-11-13-21(30-3)14-12-20/h4-17H,1-3H3. The summed E-state index contributed by atoms with van der Waals surface area (Å²) in [7, 11) is 1.61. The molecule has 150 valence electrons. The molecule has 0 fully saturated rings. The molecule has 30 heavy (non-hydrogen) atoms. The maximum atomic E-state index is 13.2. The Morgan fingerprint density at radius 3 is 2.40 bits per heavy atom. The molecule has 0 aliphatic heterocycles. The lowest BCUT2D eigenvalue weighted by Crippen LogP contribution is -2.22. The van der Waals surface area contributed by atoms with Gasteiger partial charge in [0.05, 0.1) is 23.9 Å². The van der Waals surface area contributed by atoms with Crippen molar-refractivity contribution < 1.29 is 4.74 Å². The van der Waals surface area contributed by atoms with E-state index in [1.165, 1.54) is 4.68 Å². The Bertz CT molecular complexity index is 1270. The van der Waals surface area contributed by atoms with Crippen LogP contribution in [0.15, 0.2) is 82.6 Å². The van der Waals surface area contributed by atoms with Crippen LogP contribution < -0.4 is 10.3 Å². The summed E-state index contributed by atoms with van der Waals surface area (Å²) in [6, 6.07) is 23.1. The predicted octanol–water partition coefficient (Wildman–Crippen LogP) is 4.89. The molecule has 1 heterocycles. The van der Waals surface area contributed by atoms with Crippen LogP contribution in [0.3, 0.4) is 0 Å². The molecule has 0 amide bonds. The zero-order valence-corrected chi connectivity index (χ0v) is 17.2. The Kier molecular flexibility index (Phi) is 5.44. The zero-order valence-electron chi connectivity index (χ0n) is 17.2. The Balaban J connectivity index is 1.93. The zero-order chi connectivity index (χ0) is 21.1. The van der Waals surface area contributed by atoms with Crippen LogP contribution in [0.25, 0.3) is 27.7 Å². The molecule has 3 aromatic carbocycles. The minimum atomic E-state index is -0.156. The first kappa shape index (κ1) is 19.6. The van der Waals surface area contributed by atoms with Gasteiger partial charge < -0.3 is 4.74 Å².